The molecule has 4 heteroatoms. The SMILES string of the molecule is Cc1nn(C)c(C)c1-c1ccc(F)cc1CNC1CC1. The average molecular weight is 273 g/mol. The molecule has 1 saturated carbocycles. The molecule has 2 aromatic rings. The summed E-state index contributed by atoms with van der Waals surface area (Å²) in [6, 6.07) is 5.65. The van der Waals surface area contributed by atoms with Crippen molar-refractivity contribution in [3.63, 3.8) is 0 Å². The number of rotatable bonds is 4. The number of nitrogens with one attached hydrogen (secondary N) is 1. The summed E-state index contributed by atoms with van der Waals surface area (Å²) in [5, 5.41) is 7.92. The van der Waals surface area contributed by atoms with Crippen LogP contribution in [0.1, 0.15) is 29.8 Å². The summed E-state index contributed by atoms with van der Waals surface area (Å²) in [4.78, 5) is 0. The molecule has 3 rings (SSSR count). The summed E-state index contributed by atoms with van der Waals surface area (Å²) < 4.78 is 15.4. The highest BCUT2D eigenvalue weighted by Gasteiger charge is 2.21. The van der Waals surface area contributed by atoms with Crippen molar-refractivity contribution in [2.75, 3.05) is 0 Å². The number of halogens is 1. The first kappa shape index (κ1) is 13.3. The number of hydrogen-bond donors (Lipinski definition) is 1. The van der Waals surface area contributed by atoms with Crippen LogP contribution >= 0.6 is 0 Å². The Labute approximate surface area is 118 Å². The quantitative estimate of drug-likeness (QED) is 0.927. The first-order valence-corrected chi connectivity index (χ1v) is 7.08. The summed E-state index contributed by atoms with van der Waals surface area (Å²) in [5.74, 6) is -0.180. The van der Waals surface area contributed by atoms with Gasteiger partial charge in [0.25, 0.3) is 0 Å². The van der Waals surface area contributed by atoms with Crippen LogP contribution in [0.2, 0.25) is 0 Å². The van der Waals surface area contributed by atoms with E-state index in [0.29, 0.717) is 12.6 Å². The van der Waals surface area contributed by atoms with Crippen molar-refractivity contribution in [3.8, 4) is 11.1 Å². The first-order chi connectivity index (χ1) is 9.56. The second-order valence-corrected chi connectivity index (χ2v) is 5.63. The predicted octanol–water partition coefficient (Wildman–Crippen LogP) is 3.10. The van der Waals surface area contributed by atoms with E-state index in [2.05, 4.69) is 17.3 Å². The van der Waals surface area contributed by atoms with Gasteiger partial charge in [0.1, 0.15) is 5.82 Å². The summed E-state index contributed by atoms with van der Waals surface area (Å²) in [5.41, 5.74) is 5.32. The van der Waals surface area contributed by atoms with Crippen molar-refractivity contribution >= 4 is 0 Å². The number of aryl methyl sites for hydroxylation is 2. The lowest BCUT2D eigenvalue weighted by Crippen LogP contribution is -2.16. The molecule has 106 valence electrons. The Morgan fingerprint density at radius 1 is 1.35 bits per heavy atom. The van der Waals surface area contributed by atoms with Crippen LogP contribution < -0.4 is 5.32 Å². The summed E-state index contributed by atoms with van der Waals surface area (Å²) in [7, 11) is 1.94. The largest absolute Gasteiger partial charge is 0.310 e. The van der Waals surface area contributed by atoms with Gasteiger partial charge in [-0.3, -0.25) is 4.68 Å². The third kappa shape index (κ3) is 2.48. The first-order valence-electron chi connectivity index (χ1n) is 7.08. The van der Waals surface area contributed by atoms with Crippen LogP contribution in [0.25, 0.3) is 11.1 Å². The molecule has 1 fully saturated rings. The Morgan fingerprint density at radius 2 is 2.10 bits per heavy atom. The Morgan fingerprint density at radius 3 is 2.70 bits per heavy atom. The van der Waals surface area contributed by atoms with Crippen molar-refractivity contribution in [2.24, 2.45) is 7.05 Å². The minimum atomic E-state index is -0.180. The number of hydrogen-bond acceptors (Lipinski definition) is 2. The summed E-state index contributed by atoms with van der Waals surface area (Å²) in [6.07, 6.45) is 2.46. The van der Waals surface area contributed by atoms with Gasteiger partial charge in [-0.25, -0.2) is 4.39 Å². The van der Waals surface area contributed by atoms with Gasteiger partial charge < -0.3 is 5.32 Å². The van der Waals surface area contributed by atoms with Crippen molar-refractivity contribution in [2.45, 2.75) is 39.3 Å². The number of benzene rings is 1. The van der Waals surface area contributed by atoms with E-state index in [-0.39, 0.29) is 5.82 Å². The summed E-state index contributed by atoms with van der Waals surface area (Å²) in [6.45, 7) is 4.77. The highest BCUT2D eigenvalue weighted by atomic mass is 19.1. The fraction of sp³-hybridized carbons (Fsp3) is 0.438. The van der Waals surface area contributed by atoms with Gasteiger partial charge in [0.2, 0.25) is 0 Å². The molecule has 0 atom stereocenters. The highest BCUT2D eigenvalue weighted by molar-refractivity contribution is 5.71. The van der Waals surface area contributed by atoms with Gasteiger partial charge in [-0.2, -0.15) is 5.10 Å². The van der Waals surface area contributed by atoms with Gasteiger partial charge in [0.15, 0.2) is 0 Å². The molecule has 3 nitrogen and oxygen atoms in total. The second-order valence-electron chi connectivity index (χ2n) is 5.63. The fourth-order valence-electron chi connectivity index (χ4n) is 2.66. The van der Waals surface area contributed by atoms with E-state index in [1.165, 1.54) is 18.9 Å². The molecule has 0 spiro atoms. The van der Waals surface area contributed by atoms with E-state index < -0.39 is 0 Å². The molecule has 20 heavy (non-hydrogen) atoms. The zero-order valence-electron chi connectivity index (χ0n) is 12.2. The van der Waals surface area contributed by atoms with E-state index in [1.54, 1.807) is 6.07 Å². The zero-order valence-corrected chi connectivity index (χ0v) is 12.2. The molecule has 0 unspecified atom stereocenters. The lowest BCUT2D eigenvalue weighted by atomic mass is 9.98. The molecule has 1 N–H and O–H groups in total. The topological polar surface area (TPSA) is 29.9 Å². The maximum absolute atomic E-state index is 13.6. The number of aromatic nitrogens is 2. The molecule has 1 aromatic carbocycles. The van der Waals surface area contributed by atoms with Gasteiger partial charge in [0, 0.05) is 30.9 Å². The highest BCUT2D eigenvalue weighted by Crippen LogP contribution is 2.31. The molecule has 0 radical (unpaired) electrons. The average Bonchev–Trinajstić information content (AvgIpc) is 3.18. The van der Waals surface area contributed by atoms with Gasteiger partial charge in [-0.05, 0) is 49.9 Å². The van der Waals surface area contributed by atoms with Gasteiger partial charge in [-0.1, -0.05) is 6.07 Å². The predicted molar refractivity (Wildman–Crippen MR) is 77.9 cm³/mol. The van der Waals surface area contributed by atoms with E-state index >= 15 is 0 Å². The van der Waals surface area contributed by atoms with Crippen molar-refractivity contribution in [1.29, 1.82) is 0 Å². The lowest BCUT2D eigenvalue weighted by Gasteiger charge is -2.11. The molecule has 0 aliphatic heterocycles. The van der Waals surface area contributed by atoms with E-state index in [9.17, 15) is 4.39 Å². The Balaban J connectivity index is 2.02. The monoisotopic (exact) mass is 273 g/mol. The van der Waals surface area contributed by atoms with Gasteiger partial charge in [-0.15, -0.1) is 0 Å². The molecule has 0 bridgehead atoms. The van der Waals surface area contributed by atoms with E-state index in [4.69, 9.17) is 0 Å². The Hall–Kier alpha value is -1.68. The molecule has 0 amide bonds. The molecule has 1 aliphatic rings. The van der Waals surface area contributed by atoms with Crippen LogP contribution in [0.4, 0.5) is 4.39 Å². The lowest BCUT2D eigenvalue weighted by molar-refractivity contribution is 0.620. The molecule has 1 aromatic heterocycles. The van der Waals surface area contributed by atoms with Crippen LogP contribution in [0, 0.1) is 19.7 Å². The molecular formula is C16H20FN3. The van der Waals surface area contributed by atoms with Crippen molar-refractivity contribution < 1.29 is 4.39 Å². The number of nitrogens with zero attached hydrogens (tertiary/aromatic N) is 2. The van der Waals surface area contributed by atoms with Crippen LogP contribution in [0.5, 0.6) is 0 Å². The van der Waals surface area contributed by atoms with Crippen LogP contribution in [0.15, 0.2) is 18.2 Å². The minimum Gasteiger partial charge on any atom is -0.310 e. The van der Waals surface area contributed by atoms with E-state index in [0.717, 1.165) is 28.1 Å². The Kier molecular flexibility index (Phi) is 3.34. The fourth-order valence-corrected chi connectivity index (χ4v) is 2.66. The second kappa shape index (κ2) is 5.02. The van der Waals surface area contributed by atoms with Gasteiger partial charge in [0.05, 0.1) is 5.69 Å². The van der Waals surface area contributed by atoms with Crippen molar-refractivity contribution in [1.82, 2.24) is 15.1 Å². The third-order valence-electron chi connectivity index (χ3n) is 4.00. The van der Waals surface area contributed by atoms with Crippen molar-refractivity contribution in [3.05, 3.63) is 41.0 Å². The summed E-state index contributed by atoms with van der Waals surface area (Å²) >= 11 is 0. The standard InChI is InChI=1S/C16H20FN3/c1-10-16(11(2)20(3)19-10)15-7-4-13(17)8-12(15)9-18-14-5-6-14/h4,7-8,14,18H,5-6,9H2,1-3H3. The van der Waals surface area contributed by atoms with Crippen LogP contribution in [-0.2, 0) is 13.6 Å². The minimum absolute atomic E-state index is 0.180. The van der Waals surface area contributed by atoms with E-state index in [1.807, 2.05) is 24.7 Å². The molecule has 1 aliphatic carbocycles. The molecular weight excluding hydrogens is 253 g/mol. The van der Waals surface area contributed by atoms with Crippen LogP contribution in [0.3, 0.4) is 0 Å². The molecule has 1 heterocycles. The van der Waals surface area contributed by atoms with Crippen LogP contribution in [-0.4, -0.2) is 15.8 Å². The smallest absolute Gasteiger partial charge is 0.123 e. The zero-order chi connectivity index (χ0) is 14.3. The third-order valence-corrected chi connectivity index (χ3v) is 4.00. The maximum Gasteiger partial charge on any atom is 0.123 e. The normalized spacial score (nSPS) is 14.8. The maximum atomic E-state index is 13.6. The van der Waals surface area contributed by atoms with Gasteiger partial charge >= 0.3 is 0 Å². The molecule has 0 saturated heterocycles. The Bertz CT molecular complexity index is 641.